The summed E-state index contributed by atoms with van der Waals surface area (Å²) in [7, 11) is -3.13. The number of ether oxygens (including phenoxy) is 2. The van der Waals surface area contributed by atoms with E-state index in [1.54, 1.807) is 32.0 Å². The minimum absolute atomic E-state index is 0.0642. The maximum absolute atomic E-state index is 15.5. The fraction of sp³-hybridized carbons (Fsp3) is 0.500. The maximum Gasteiger partial charge on any atom is 0.459 e. The van der Waals surface area contributed by atoms with E-state index in [0.717, 1.165) is 11.5 Å². The Morgan fingerprint density at radius 1 is 1.36 bits per heavy atom. The molecule has 0 spiro atoms. The number of hydrogen-bond donors (Lipinski definition) is 3. The third kappa shape index (κ3) is 6.11. The van der Waals surface area contributed by atoms with Crippen LogP contribution < -0.4 is 21.0 Å². The lowest BCUT2D eigenvalue weighted by molar-refractivity contribution is -0.143. The standard InChI is InChI=1S/C22H30FN4O8P/c1-13(2)17(19(29)32-4)26-36(31,35-14-8-6-5-7-9-14)33-12-15-18(28)22(3,23)20(34-15)27-11-10-16(24)25-21(27)30/h5-11,13,15,17-18,20,28H,12H2,1-4H3,(H,26,31)(H2,24,25,30)/t15-,17+,18-,20-,22?,36?/m1/s1. The van der Waals surface area contributed by atoms with Crippen molar-refractivity contribution in [1.82, 2.24) is 14.6 Å². The highest BCUT2D eigenvalue weighted by molar-refractivity contribution is 7.52. The zero-order valence-corrected chi connectivity index (χ0v) is 21.1. The number of nitrogens with zero attached hydrogens (tertiary/aromatic N) is 2. The van der Waals surface area contributed by atoms with Crippen LogP contribution in [-0.4, -0.2) is 58.3 Å². The summed E-state index contributed by atoms with van der Waals surface area (Å²) in [6.45, 7) is 3.83. The lowest BCUT2D eigenvalue weighted by Gasteiger charge is -2.27. The van der Waals surface area contributed by atoms with Crippen LogP contribution in [0.15, 0.2) is 47.4 Å². The van der Waals surface area contributed by atoms with Crippen LogP contribution in [0.3, 0.4) is 0 Å². The summed E-state index contributed by atoms with van der Waals surface area (Å²) in [6, 6.07) is 8.25. The Kier molecular flexibility index (Phi) is 8.52. The third-order valence-corrected chi connectivity index (χ3v) is 7.15. The Morgan fingerprint density at radius 2 is 2.03 bits per heavy atom. The average Bonchev–Trinajstić information content (AvgIpc) is 3.05. The molecule has 1 aliphatic heterocycles. The molecule has 1 aromatic carbocycles. The molecule has 0 amide bonds. The van der Waals surface area contributed by atoms with Crippen LogP contribution in [0.4, 0.5) is 10.2 Å². The van der Waals surface area contributed by atoms with E-state index in [2.05, 4.69) is 10.1 Å². The van der Waals surface area contributed by atoms with Crippen LogP contribution in [0.25, 0.3) is 0 Å². The molecule has 2 aromatic rings. The molecule has 14 heteroatoms. The minimum Gasteiger partial charge on any atom is -0.468 e. The zero-order valence-electron chi connectivity index (χ0n) is 20.2. The van der Waals surface area contributed by atoms with E-state index >= 15 is 4.39 Å². The molecule has 0 aliphatic carbocycles. The quantitative estimate of drug-likeness (QED) is 0.304. The molecule has 6 atom stereocenters. The van der Waals surface area contributed by atoms with E-state index in [-0.39, 0.29) is 17.5 Å². The molecule has 3 rings (SSSR count). The number of rotatable bonds is 10. The number of aliphatic hydroxyl groups excluding tert-OH is 1. The van der Waals surface area contributed by atoms with E-state index < -0.39 is 56.2 Å². The van der Waals surface area contributed by atoms with Gasteiger partial charge < -0.3 is 24.8 Å². The second-order valence-corrected chi connectivity index (χ2v) is 10.4. The molecule has 0 radical (unpaired) electrons. The number of nitrogens with one attached hydrogen (secondary N) is 1. The maximum atomic E-state index is 15.5. The molecule has 1 fully saturated rings. The number of benzene rings is 1. The zero-order chi connectivity index (χ0) is 26.7. The predicted octanol–water partition coefficient (Wildman–Crippen LogP) is 1.80. The van der Waals surface area contributed by atoms with Crippen molar-refractivity contribution in [3.05, 3.63) is 53.1 Å². The second kappa shape index (κ2) is 11.1. The van der Waals surface area contributed by atoms with Crippen molar-refractivity contribution in [2.75, 3.05) is 19.5 Å². The number of methoxy groups -OCH3 is 1. The summed E-state index contributed by atoms with van der Waals surface area (Å²) < 4.78 is 51.5. The van der Waals surface area contributed by atoms with Gasteiger partial charge in [0.25, 0.3) is 0 Å². The van der Waals surface area contributed by atoms with Gasteiger partial charge in [0, 0.05) is 6.20 Å². The first-order chi connectivity index (χ1) is 16.9. The van der Waals surface area contributed by atoms with Crippen LogP contribution >= 0.6 is 7.75 Å². The van der Waals surface area contributed by atoms with Crippen molar-refractivity contribution < 1.29 is 37.4 Å². The molecule has 2 heterocycles. The van der Waals surface area contributed by atoms with Crippen molar-refractivity contribution in [1.29, 1.82) is 0 Å². The highest BCUT2D eigenvalue weighted by Crippen LogP contribution is 2.48. The van der Waals surface area contributed by atoms with Gasteiger partial charge in [-0.15, -0.1) is 0 Å². The smallest absolute Gasteiger partial charge is 0.459 e. The Balaban J connectivity index is 1.84. The number of aromatic nitrogens is 2. The molecule has 198 valence electrons. The first-order valence-corrected chi connectivity index (χ1v) is 12.6. The van der Waals surface area contributed by atoms with Gasteiger partial charge in [0.1, 0.15) is 29.8 Å². The molecular formula is C22H30FN4O8P. The number of halogens is 1. The first kappa shape index (κ1) is 27.8. The summed E-state index contributed by atoms with van der Waals surface area (Å²) in [5.74, 6) is -0.966. The molecule has 1 saturated heterocycles. The fourth-order valence-electron chi connectivity index (χ4n) is 3.61. The number of esters is 1. The number of nitrogens with two attached hydrogens (primary N) is 1. The molecule has 2 unspecified atom stereocenters. The van der Waals surface area contributed by atoms with Crippen LogP contribution in [0, 0.1) is 5.92 Å². The molecule has 0 bridgehead atoms. The molecule has 0 saturated carbocycles. The van der Waals surface area contributed by atoms with Gasteiger partial charge in [0.2, 0.25) is 0 Å². The van der Waals surface area contributed by atoms with Crippen molar-refractivity contribution in [2.24, 2.45) is 5.92 Å². The highest BCUT2D eigenvalue weighted by Gasteiger charge is 2.56. The lowest BCUT2D eigenvalue weighted by atomic mass is 9.98. The topological polar surface area (TPSA) is 164 Å². The summed E-state index contributed by atoms with van der Waals surface area (Å²) >= 11 is 0. The monoisotopic (exact) mass is 528 g/mol. The Bertz CT molecular complexity index is 1160. The Hall–Kier alpha value is -2.83. The van der Waals surface area contributed by atoms with Gasteiger partial charge in [0.05, 0.1) is 13.7 Å². The molecule has 12 nitrogen and oxygen atoms in total. The molecular weight excluding hydrogens is 498 g/mol. The molecule has 1 aromatic heterocycles. The minimum atomic E-state index is -4.31. The molecule has 1 aliphatic rings. The molecule has 4 N–H and O–H groups in total. The molecule has 36 heavy (non-hydrogen) atoms. The van der Waals surface area contributed by atoms with Crippen LogP contribution in [0.1, 0.15) is 27.0 Å². The van der Waals surface area contributed by atoms with Gasteiger partial charge in [-0.2, -0.15) is 10.1 Å². The number of anilines is 1. The van der Waals surface area contributed by atoms with E-state index in [1.165, 1.54) is 31.5 Å². The normalized spacial score (nSPS) is 26.4. The van der Waals surface area contributed by atoms with Gasteiger partial charge in [-0.25, -0.2) is 13.8 Å². The van der Waals surface area contributed by atoms with Gasteiger partial charge in [-0.3, -0.25) is 13.9 Å². The van der Waals surface area contributed by atoms with E-state index in [1.807, 2.05) is 0 Å². The number of carbonyl (C=O) groups is 1. The number of nitrogen functional groups attached to an aromatic ring is 1. The second-order valence-electron chi connectivity index (χ2n) is 8.74. The average molecular weight is 528 g/mol. The largest absolute Gasteiger partial charge is 0.468 e. The highest BCUT2D eigenvalue weighted by atomic mass is 31.2. The number of aliphatic hydroxyl groups is 1. The number of hydrogen-bond acceptors (Lipinski definition) is 10. The fourth-order valence-corrected chi connectivity index (χ4v) is 5.27. The number of alkyl halides is 1. The van der Waals surface area contributed by atoms with Gasteiger partial charge in [-0.1, -0.05) is 32.0 Å². The predicted molar refractivity (Wildman–Crippen MR) is 127 cm³/mol. The summed E-state index contributed by atoms with van der Waals surface area (Å²) in [4.78, 5) is 28.0. The van der Waals surface area contributed by atoms with E-state index in [0.29, 0.717) is 0 Å². The summed E-state index contributed by atoms with van der Waals surface area (Å²) in [5.41, 5.74) is 2.16. The number of para-hydroxylation sites is 1. The van der Waals surface area contributed by atoms with Crippen LogP contribution in [0.5, 0.6) is 5.75 Å². The van der Waals surface area contributed by atoms with E-state index in [4.69, 9.17) is 24.3 Å². The van der Waals surface area contributed by atoms with Crippen molar-refractivity contribution in [3.8, 4) is 5.75 Å². The van der Waals surface area contributed by atoms with Gasteiger partial charge >= 0.3 is 19.4 Å². The van der Waals surface area contributed by atoms with E-state index in [9.17, 15) is 19.3 Å². The summed E-state index contributed by atoms with van der Waals surface area (Å²) in [5, 5.41) is 13.2. The Labute approximate surface area is 207 Å². The van der Waals surface area contributed by atoms with Crippen LogP contribution in [0.2, 0.25) is 0 Å². The Morgan fingerprint density at radius 3 is 2.61 bits per heavy atom. The van der Waals surface area contributed by atoms with Gasteiger partial charge in [-0.05, 0) is 31.0 Å². The third-order valence-electron chi connectivity index (χ3n) is 5.62. The van der Waals surface area contributed by atoms with Gasteiger partial charge in [0.15, 0.2) is 11.9 Å². The van der Waals surface area contributed by atoms with Crippen molar-refractivity contribution in [3.63, 3.8) is 0 Å². The van der Waals surface area contributed by atoms with Crippen molar-refractivity contribution in [2.45, 2.75) is 50.9 Å². The van der Waals surface area contributed by atoms with Crippen molar-refractivity contribution >= 4 is 19.5 Å². The number of carbonyl (C=O) groups excluding carboxylic acids is 1. The lowest BCUT2D eigenvalue weighted by Crippen LogP contribution is -2.43. The first-order valence-electron chi connectivity index (χ1n) is 11.1. The SMILES string of the molecule is COC(=O)[C@@H](NP(=O)(OC[C@H]1O[C@@H](n2ccc(N)nc2=O)C(C)(F)[C@@H]1O)Oc1ccccc1)C(C)C. The summed E-state index contributed by atoms with van der Waals surface area (Å²) in [6.07, 6.45) is -3.52. The van der Waals surface area contributed by atoms with Crippen LogP contribution in [-0.2, 0) is 23.4 Å².